The molecule has 2 aliphatic heterocycles. The van der Waals surface area contributed by atoms with Crippen LogP contribution in [0.25, 0.3) is 23.0 Å². The van der Waals surface area contributed by atoms with Crippen molar-refractivity contribution in [3.8, 4) is 17.1 Å². The van der Waals surface area contributed by atoms with Crippen LogP contribution in [0, 0.1) is 6.92 Å². The van der Waals surface area contributed by atoms with Crippen LogP contribution in [0.1, 0.15) is 51.5 Å². The number of carbonyl (C=O) groups is 1. The Labute approximate surface area is 235 Å². The van der Waals surface area contributed by atoms with E-state index in [2.05, 4.69) is 49.3 Å². The molecule has 1 aromatic carbocycles. The average Bonchev–Trinajstić information content (AvgIpc) is 2.95. The number of benzene rings is 2. The Morgan fingerprint density at radius 1 is 0.925 bits per heavy atom. The fraction of sp³-hybridized carbons (Fsp3) is 0.294. The van der Waals surface area contributed by atoms with Crippen LogP contribution >= 0.6 is 0 Å². The van der Waals surface area contributed by atoms with Crippen LogP contribution < -0.4 is 24.7 Å². The van der Waals surface area contributed by atoms with Gasteiger partial charge in [0.2, 0.25) is 5.36 Å². The Balaban J connectivity index is 1.53. The molecule has 40 heavy (non-hydrogen) atoms. The third-order valence-electron chi connectivity index (χ3n) is 7.65. The van der Waals surface area contributed by atoms with Gasteiger partial charge in [0, 0.05) is 53.2 Å². The molecule has 0 N–H and O–H groups in total. The molecule has 0 unspecified atom stereocenters. The van der Waals surface area contributed by atoms with E-state index in [1.54, 1.807) is 12.2 Å². The fourth-order valence-corrected chi connectivity index (χ4v) is 5.48. The van der Waals surface area contributed by atoms with Gasteiger partial charge in [0.1, 0.15) is 36.1 Å². The second-order valence-corrected chi connectivity index (χ2v) is 10.1. The number of ether oxygens (including phenoxy) is 1. The SMILES string of the molecule is CCN(CC)c1ccc2c(c1)OC(C)=CC2=CC1=C([O-])C(=Cc2cc(C)oc3cc(=[N+](CC)CC)ccc2-3)C1=O. The number of Topliss-reactive ketones (excluding diaryl/α,β-unsaturated/α-hetero) is 1. The van der Waals surface area contributed by atoms with E-state index in [4.69, 9.17) is 9.15 Å². The molecule has 2 aliphatic carbocycles. The lowest BCUT2D eigenvalue weighted by Gasteiger charge is -2.30. The van der Waals surface area contributed by atoms with Crippen molar-refractivity contribution in [1.82, 2.24) is 4.58 Å². The molecule has 5 rings (SSSR count). The summed E-state index contributed by atoms with van der Waals surface area (Å²) in [4.78, 5) is 15.5. The van der Waals surface area contributed by atoms with Gasteiger partial charge in [0.05, 0.1) is 6.07 Å². The minimum atomic E-state index is -0.247. The van der Waals surface area contributed by atoms with Crippen LogP contribution in [0.5, 0.6) is 5.75 Å². The molecule has 0 spiro atoms. The molecule has 2 heterocycles. The number of nitrogens with zero attached hydrogens (tertiary/aromatic N) is 2. The molecular weight excluding hydrogens is 500 g/mol. The van der Waals surface area contributed by atoms with Crippen LogP contribution in [0.15, 0.2) is 81.7 Å². The van der Waals surface area contributed by atoms with Crippen molar-refractivity contribution in [2.75, 3.05) is 31.1 Å². The van der Waals surface area contributed by atoms with E-state index >= 15 is 0 Å². The normalized spacial score (nSPS) is 16.6. The number of fused-ring (bicyclic) bond motifs is 2. The molecule has 0 saturated carbocycles. The second kappa shape index (κ2) is 11.0. The van der Waals surface area contributed by atoms with E-state index < -0.39 is 0 Å². The summed E-state index contributed by atoms with van der Waals surface area (Å²) in [5, 5.41) is 14.3. The van der Waals surface area contributed by atoms with E-state index in [-0.39, 0.29) is 22.7 Å². The van der Waals surface area contributed by atoms with Gasteiger partial charge in [-0.25, -0.2) is 4.58 Å². The van der Waals surface area contributed by atoms with Gasteiger partial charge < -0.3 is 19.2 Å². The van der Waals surface area contributed by atoms with Gasteiger partial charge in [-0.05, 0) is 95.2 Å². The number of rotatable bonds is 7. The Hall–Kier alpha value is -4.32. The van der Waals surface area contributed by atoms with Gasteiger partial charge in [-0.2, -0.15) is 0 Å². The smallest absolute Gasteiger partial charge is 0.203 e. The number of allylic oxidation sites excluding steroid dienone is 6. The highest BCUT2D eigenvalue weighted by molar-refractivity contribution is 6.24. The van der Waals surface area contributed by atoms with Gasteiger partial charge >= 0.3 is 0 Å². The van der Waals surface area contributed by atoms with Crippen molar-refractivity contribution in [2.24, 2.45) is 0 Å². The van der Waals surface area contributed by atoms with E-state index in [0.717, 1.165) is 71.0 Å². The molecule has 0 saturated heterocycles. The molecule has 1 aromatic rings. The molecule has 0 amide bonds. The third-order valence-corrected chi connectivity index (χ3v) is 7.65. The molecule has 206 valence electrons. The fourth-order valence-electron chi connectivity index (χ4n) is 5.48. The van der Waals surface area contributed by atoms with Crippen LogP contribution in [0.3, 0.4) is 0 Å². The maximum absolute atomic E-state index is 13.2. The molecule has 0 bridgehead atoms. The van der Waals surface area contributed by atoms with Crippen molar-refractivity contribution in [3.63, 3.8) is 0 Å². The molecular formula is C34H36N2O4. The summed E-state index contributed by atoms with van der Waals surface area (Å²) >= 11 is 0. The van der Waals surface area contributed by atoms with E-state index in [1.807, 2.05) is 50.3 Å². The molecule has 0 fully saturated rings. The zero-order valence-electron chi connectivity index (χ0n) is 24.1. The Morgan fingerprint density at radius 3 is 2.33 bits per heavy atom. The van der Waals surface area contributed by atoms with Crippen LogP contribution in [0.2, 0.25) is 0 Å². The summed E-state index contributed by atoms with van der Waals surface area (Å²) in [5.41, 5.74) is 4.78. The standard InChI is InChI=1S/C34H36N2O4/c1-7-35(8-2)25-11-13-27-23(15-21(5)39-31(27)19-25)17-29-33(37)30(34(29)38)18-24-16-22(6)40-32-20-26(12-14-28(24)32)36(9-3)10-4/h11-20H,7-10H2,1-6H3. The molecule has 4 aliphatic rings. The predicted molar refractivity (Wildman–Crippen MR) is 159 cm³/mol. The summed E-state index contributed by atoms with van der Waals surface area (Å²) in [6, 6.07) is 14.0. The number of carbonyl (C=O) groups excluding carboxylic acids is 1. The average molecular weight is 537 g/mol. The Morgan fingerprint density at radius 2 is 1.65 bits per heavy atom. The van der Waals surface area contributed by atoms with E-state index in [9.17, 15) is 9.90 Å². The Kier molecular flexibility index (Phi) is 7.53. The number of hydrogen-bond acceptors (Lipinski definition) is 5. The molecule has 6 nitrogen and oxygen atoms in total. The zero-order valence-corrected chi connectivity index (χ0v) is 24.1. The lowest BCUT2D eigenvalue weighted by atomic mass is 9.84. The quantitative estimate of drug-likeness (QED) is 0.302. The summed E-state index contributed by atoms with van der Waals surface area (Å²) < 4.78 is 14.3. The van der Waals surface area contributed by atoms with Gasteiger partial charge in [0.15, 0.2) is 5.78 Å². The van der Waals surface area contributed by atoms with Gasteiger partial charge in [0.25, 0.3) is 0 Å². The summed E-state index contributed by atoms with van der Waals surface area (Å²) in [6.45, 7) is 15.8. The third kappa shape index (κ3) is 4.90. The maximum atomic E-state index is 13.2. The molecule has 0 atom stereocenters. The van der Waals surface area contributed by atoms with Crippen molar-refractivity contribution >= 4 is 23.1 Å². The predicted octanol–water partition coefficient (Wildman–Crippen LogP) is 5.31. The van der Waals surface area contributed by atoms with Crippen molar-refractivity contribution in [1.29, 1.82) is 0 Å². The zero-order chi connectivity index (χ0) is 28.6. The lowest BCUT2D eigenvalue weighted by molar-refractivity contribution is -0.300. The first-order chi connectivity index (χ1) is 19.3. The number of anilines is 1. The molecule has 0 radical (unpaired) electrons. The highest BCUT2D eigenvalue weighted by atomic mass is 16.5. The van der Waals surface area contributed by atoms with Crippen LogP contribution in [0.4, 0.5) is 5.69 Å². The summed E-state index contributed by atoms with van der Waals surface area (Å²) in [5.74, 6) is 2.39. The summed E-state index contributed by atoms with van der Waals surface area (Å²) in [6.07, 6.45) is 5.27. The number of ketones is 1. The largest absolute Gasteiger partial charge is 0.871 e. The van der Waals surface area contributed by atoms with E-state index in [0.29, 0.717) is 11.5 Å². The lowest BCUT2D eigenvalue weighted by Crippen LogP contribution is -2.29. The first-order valence-electron chi connectivity index (χ1n) is 14.1. The first kappa shape index (κ1) is 27.3. The maximum Gasteiger partial charge on any atom is 0.203 e. The minimum absolute atomic E-state index is 0.191. The van der Waals surface area contributed by atoms with Crippen molar-refractivity contribution < 1.29 is 19.1 Å². The monoisotopic (exact) mass is 536 g/mol. The van der Waals surface area contributed by atoms with Gasteiger partial charge in [-0.15, -0.1) is 0 Å². The first-order valence-corrected chi connectivity index (χ1v) is 14.1. The Bertz CT molecular complexity index is 1660. The topological polar surface area (TPSA) is 68.8 Å². The van der Waals surface area contributed by atoms with Crippen molar-refractivity contribution in [2.45, 2.75) is 41.5 Å². The minimum Gasteiger partial charge on any atom is -0.871 e. The van der Waals surface area contributed by atoms with Crippen LogP contribution in [-0.4, -0.2) is 32.0 Å². The highest BCUT2D eigenvalue weighted by Crippen LogP contribution is 2.40. The summed E-state index contributed by atoms with van der Waals surface area (Å²) in [7, 11) is 0. The van der Waals surface area contributed by atoms with E-state index in [1.165, 1.54) is 0 Å². The molecule has 0 aromatic heterocycles. The number of aryl methyl sites for hydroxylation is 1. The van der Waals surface area contributed by atoms with Gasteiger partial charge in [-0.3, -0.25) is 4.79 Å². The van der Waals surface area contributed by atoms with Crippen LogP contribution in [-0.2, 0) is 4.79 Å². The second-order valence-electron chi connectivity index (χ2n) is 10.1. The van der Waals surface area contributed by atoms with Crippen molar-refractivity contribution in [3.05, 3.63) is 99.5 Å². The number of hydrogen-bond donors (Lipinski definition) is 0. The van der Waals surface area contributed by atoms with Gasteiger partial charge in [-0.1, -0.05) is 5.76 Å². The molecule has 6 heteroatoms. The highest BCUT2D eigenvalue weighted by Gasteiger charge is 2.28.